The molecule has 2 nitrogen and oxygen atoms in total. The highest BCUT2D eigenvalue weighted by Crippen LogP contribution is 2.20. The fourth-order valence-corrected chi connectivity index (χ4v) is 3.06. The van der Waals surface area contributed by atoms with Crippen molar-refractivity contribution in [1.29, 1.82) is 0 Å². The highest BCUT2D eigenvalue weighted by molar-refractivity contribution is 7.99. The molecule has 0 aromatic carbocycles. The molecule has 3 heteroatoms. The molecule has 1 N–H and O–H groups in total. The molecule has 1 aliphatic rings. The Morgan fingerprint density at radius 3 is 2.93 bits per heavy atom. The molecule has 2 unspecified atom stereocenters. The standard InChI is InChI=1S/C12H18N2S/c1-10(11-4-6-13-7-5-11)14-12-3-2-8-15-9-12/h4-7,10,12,14H,2-3,8-9H2,1H3. The molecular weight excluding hydrogens is 204 g/mol. The van der Waals surface area contributed by atoms with Crippen molar-refractivity contribution in [2.45, 2.75) is 31.8 Å². The molecule has 15 heavy (non-hydrogen) atoms. The van der Waals surface area contributed by atoms with E-state index in [-0.39, 0.29) is 0 Å². The van der Waals surface area contributed by atoms with Crippen molar-refractivity contribution in [3.63, 3.8) is 0 Å². The minimum absolute atomic E-state index is 0.441. The monoisotopic (exact) mass is 222 g/mol. The zero-order valence-corrected chi connectivity index (χ0v) is 9.96. The highest BCUT2D eigenvalue weighted by atomic mass is 32.2. The number of thioether (sulfide) groups is 1. The van der Waals surface area contributed by atoms with Gasteiger partial charge in [-0.2, -0.15) is 11.8 Å². The van der Waals surface area contributed by atoms with Crippen LogP contribution in [0, 0.1) is 0 Å². The summed E-state index contributed by atoms with van der Waals surface area (Å²) in [4.78, 5) is 4.04. The largest absolute Gasteiger partial charge is 0.307 e. The van der Waals surface area contributed by atoms with Crippen LogP contribution < -0.4 is 5.32 Å². The zero-order chi connectivity index (χ0) is 10.5. The van der Waals surface area contributed by atoms with E-state index in [0.717, 1.165) is 0 Å². The van der Waals surface area contributed by atoms with Gasteiger partial charge in [-0.3, -0.25) is 4.98 Å². The topological polar surface area (TPSA) is 24.9 Å². The molecule has 0 aliphatic carbocycles. The lowest BCUT2D eigenvalue weighted by Crippen LogP contribution is -2.35. The van der Waals surface area contributed by atoms with Gasteiger partial charge < -0.3 is 5.32 Å². The number of rotatable bonds is 3. The molecule has 82 valence electrons. The second-order valence-corrected chi connectivity index (χ2v) is 5.23. The zero-order valence-electron chi connectivity index (χ0n) is 9.15. The minimum atomic E-state index is 0.441. The minimum Gasteiger partial charge on any atom is -0.307 e. The molecule has 2 atom stereocenters. The average Bonchev–Trinajstić information content (AvgIpc) is 2.31. The van der Waals surface area contributed by atoms with Crippen LogP contribution in [-0.4, -0.2) is 22.5 Å². The Morgan fingerprint density at radius 1 is 1.47 bits per heavy atom. The smallest absolute Gasteiger partial charge is 0.0295 e. The van der Waals surface area contributed by atoms with E-state index in [0.29, 0.717) is 12.1 Å². The fraction of sp³-hybridized carbons (Fsp3) is 0.583. The molecule has 1 aliphatic heterocycles. The van der Waals surface area contributed by atoms with Gasteiger partial charge in [-0.1, -0.05) is 0 Å². The van der Waals surface area contributed by atoms with E-state index in [2.05, 4.69) is 41.1 Å². The summed E-state index contributed by atoms with van der Waals surface area (Å²) in [6.45, 7) is 2.23. The normalized spacial score (nSPS) is 23.7. The van der Waals surface area contributed by atoms with Gasteiger partial charge in [-0.05, 0) is 43.2 Å². The van der Waals surface area contributed by atoms with Crippen LogP contribution in [0.1, 0.15) is 31.4 Å². The van der Waals surface area contributed by atoms with Gasteiger partial charge in [0.15, 0.2) is 0 Å². The first-order valence-corrected chi connectivity index (χ1v) is 6.75. The Labute approximate surface area is 95.9 Å². The van der Waals surface area contributed by atoms with Gasteiger partial charge in [-0.25, -0.2) is 0 Å². The molecule has 2 rings (SSSR count). The van der Waals surface area contributed by atoms with Crippen molar-refractivity contribution in [3.05, 3.63) is 30.1 Å². The summed E-state index contributed by atoms with van der Waals surface area (Å²) in [5.74, 6) is 2.59. The summed E-state index contributed by atoms with van der Waals surface area (Å²) in [7, 11) is 0. The first-order valence-electron chi connectivity index (χ1n) is 5.60. The van der Waals surface area contributed by atoms with E-state index < -0.39 is 0 Å². The van der Waals surface area contributed by atoms with E-state index in [1.54, 1.807) is 0 Å². The van der Waals surface area contributed by atoms with Gasteiger partial charge in [0.25, 0.3) is 0 Å². The summed E-state index contributed by atoms with van der Waals surface area (Å²) in [6.07, 6.45) is 6.40. The van der Waals surface area contributed by atoms with Crippen LogP contribution in [0.4, 0.5) is 0 Å². The molecule has 1 aromatic heterocycles. The number of pyridine rings is 1. The molecule has 1 aromatic rings. The molecule has 0 bridgehead atoms. The lowest BCUT2D eigenvalue weighted by molar-refractivity contribution is 0.452. The molecule has 1 fully saturated rings. The molecule has 0 amide bonds. The Morgan fingerprint density at radius 2 is 2.27 bits per heavy atom. The summed E-state index contributed by atoms with van der Waals surface area (Å²) in [5, 5.41) is 3.69. The van der Waals surface area contributed by atoms with E-state index in [9.17, 15) is 0 Å². The van der Waals surface area contributed by atoms with Crippen LogP contribution in [0.5, 0.6) is 0 Å². The lowest BCUT2D eigenvalue weighted by atomic mass is 10.1. The summed E-state index contributed by atoms with van der Waals surface area (Å²) < 4.78 is 0. The molecule has 2 heterocycles. The van der Waals surface area contributed by atoms with Crippen molar-refractivity contribution < 1.29 is 0 Å². The maximum Gasteiger partial charge on any atom is 0.0295 e. The number of nitrogens with one attached hydrogen (secondary N) is 1. The third-order valence-corrected chi connectivity index (χ3v) is 4.07. The average molecular weight is 222 g/mol. The van der Waals surface area contributed by atoms with Crippen molar-refractivity contribution >= 4 is 11.8 Å². The lowest BCUT2D eigenvalue weighted by Gasteiger charge is -2.26. The third kappa shape index (κ3) is 3.21. The summed E-state index contributed by atoms with van der Waals surface area (Å²) >= 11 is 2.07. The van der Waals surface area contributed by atoms with Crippen LogP contribution in [0.15, 0.2) is 24.5 Å². The van der Waals surface area contributed by atoms with Crippen LogP contribution in [0.3, 0.4) is 0 Å². The quantitative estimate of drug-likeness (QED) is 0.851. The van der Waals surface area contributed by atoms with E-state index >= 15 is 0 Å². The Kier molecular flexibility index (Phi) is 4.03. The second-order valence-electron chi connectivity index (χ2n) is 4.08. The second kappa shape index (κ2) is 5.52. The van der Waals surface area contributed by atoms with Crippen molar-refractivity contribution in [2.24, 2.45) is 0 Å². The number of hydrogen-bond acceptors (Lipinski definition) is 3. The SMILES string of the molecule is CC(NC1CCCSC1)c1ccncc1. The van der Waals surface area contributed by atoms with Gasteiger partial charge in [0.05, 0.1) is 0 Å². The third-order valence-electron chi connectivity index (χ3n) is 2.85. The van der Waals surface area contributed by atoms with Gasteiger partial charge in [0, 0.05) is 30.2 Å². The Hall–Kier alpha value is -0.540. The van der Waals surface area contributed by atoms with Gasteiger partial charge in [0.1, 0.15) is 0 Å². The molecule has 0 saturated carbocycles. The molecule has 0 radical (unpaired) electrons. The van der Waals surface area contributed by atoms with Crippen LogP contribution in [-0.2, 0) is 0 Å². The Bertz CT molecular complexity index is 283. The fourth-order valence-electron chi connectivity index (χ4n) is 1.97. The number of hydrogen-bond donors (Lipinski definition) is 1. The van der Waals surface area contributed by atoms with Crippen LogP contribution in [0.2, 0.25) is 0 Å². The van der Waals surface area contributed by atoms with Crippen molar-refractivity contribution in [1.82, 2.24) is 10.3 Å². The maximum absolute atomic E-state index is 4.04. The van der Waals surface area contributed by atoms with Gasteiger partial charge >= 0.3 is 0 Å². The summed E-state index contributed by atoms with van der Waals surface area (Å²) in [5.41, 5.74) is 1.33. The van der Waals surface area contributed by atoms with Crippen molar-refractivity contribution in [3.8, 4) is 0 Å². The number of nitrogens with zero attached hydrogens (tertiary/aromatic N) is 1. The van der Waals surface area contributed by atoms with Gasteiger partial charge in [-0.15, -0.1) is 0 Å². The van der Waals surface area contributed by atoms with E-state index in [1.165, 1.54) is 29.9 Å². The van der Waals surface area contributed by atoms with Crippen LogP contribution >= 0.6 is 11.8 Å². The Balaban J connectivity index is 1.88. The predicted molar refractivity (Wildman–Crippen MR) is 66.1 cm³/mol. The highest BCUT2D eigenvalue weighted by Gasteiger charge is 2.16. The van der Waals surface area contributed by atoms with E-state index in [4.69, 9.17) is 0 Å². The maximum atomic E-state index is 4.04. The van der Waals surface area contributed by atoms with E-state index in [1.807, 2.05) is 12.4 Å². The van der Waals surface area contributed by atoms with Crippen LogP contribution in [0.25, 0.3) is 0 Å². The summed E-state index contributed by atoms with van der Waals surface area (Å²) in [6, 6.07) is 5.31. The van der Waals surface area contributed by atoms with Gasteiger partial charge in [0.2, 0.25) is 0 Å². The van der Waals surface area contributed by atoms with Crippen molar-refractivity contribution in [2.75, 3.05) is 11.5 Å². The first kappa shape index (κ1) is 11.0. The molecule has 1 saturated heterocycles. The first-order chi connectivity index (χ1) is 7.36. The number of aromatic nitrogens is 1. The molecule has 0 spiro atoms. The molecular formula is C12H18N2S. The predicted octanol–water partition coefficient (Wildman–Crippen LogP) is 2.63.